The van der Waals surface area contributed by atoms with E-state index in [0.717, 1.165) is 23.2 Å². The van der Waals surface area contributed by atoms with E-state index < -0.39 is 0 Å². The quantitative estimate of drug-likeness (QED) is 0.879. The fourth-order valence-electron chi connectivity index (χ4n) is 2.20. The molecule has 0 fully saturated rings. The minimum Gasteiger partial charge on any atom is -0.497 e. The van der Waals surface area contributed by atoms with Gasteiger partial charge < -0.3 is 10.1 Å². The third kappa shape index (κ3) is 3.41. The Balaban J connectivity index is 2.23. The van der Waals surface area contributed by atoms with E-state index in [0.29, 0.717) is 0 Å². The number of benzene rings is 1. The monoisotopic (exact) mass is 337 g/mol. The van der Waals surface area contributed by atoms with Crippen LogP contribution in [0.3, 0.4) is 0 Å². The molecule has 0 bridgehead atoms. The van der Waals surface area contributed by atoms with Gasteiger partial charge in [-0.25, -0.2) is 0 Å². The molecule has 0 radical (unpaired) electrons. The van der Waals surface area contributed by atoms with Gasteiger partial charge >= 0.3 is 0 Å². The summed E-state index contributed by atoms with van der Waals surface area (Å²) < 4.78 is 8.34. The number of hydrogen-bond donors (Lipinski definition) is 1. The minimum absolute atomic E-state index is 0.217. The third-order valence-corrected chi connectivity index (χ3v) is 4.10. The fourth-order valence-corrected chi connectivity index (χ4v) is 2.73. The van der Waals surface area contributed by atoms with Crippen molar-refractivity contribution in [2.24, 2.45) is 0 Å². The molecule has 20 heavy (non-hydrogen) atoms. The Labute approximate surface area is 128 Å². The van der Waals surface area contributed by atoms with Gasteiger partial charge in [-0.1, -0.05) is 15.9 Å². The Bertz CT molecular complexity index is 568. The second kappa shape index (κ2) is 6.90. The average Bonchev–Trinajstić information content (AvgIpc) is 2.93. The molecule has 0 aliphatic rings. The lowest BCUT2D eigenvalue weighted by Crippen LogP contribution is -2.19. The molecule has 0 aliphatic carbocycles. The first-order chi connectivity index (χ1) is 9.67. The molecule has 1 aromatic heterocycles. The van der Waals surface area contributed by atoms with Crippen LogP contribution < -0.4 is 10.1 Å². The average molecular weight is 338 g/mol. The van der Waals surface area contributed by atoms with E-state index >= 15 is 0 Å². The van der Waals surface area contributed by atoms with Crippen LogP contribution in [0.25, 0.3) is 0 Å². The van der Waals surface area contributed by atoms with Crippen molar-refractivity contribution in [3.8, 4) is 5.75 Å². The molecule has 1 heterocycles. The smallest absolute Gasteiger partial charge is 0.119 e. The summed E-state index contributed by atoms with van der Waals surface area (Å²) >= 11 is 3.62. The summed E-state index contributed by atoms with van der Waals surface area (Å²) in [5.74, 6) is 0.868. The van der Waals surface area contributed by atoms with Crippen LogP contribution in [0.2, 0.25) is 0 Å². The normalized spacial score (nSPS) is 12.4. The van der Waals surface area contributed by atoms with Gasteiger partial charge in [0.15, 0.2) is 0 Å². The molecule has 2 rings (SSSR count). The van der Waals surface area contributed by atoms with Crippen LogP contribution >= 0.6 is 15.9 Å². The molecule has 5 heteroatoms. The summed E-state index contributed by atoms with van der Waals surface area (Å²) in [6, 6.07) is 6.26. The molecular weight excluding hydrogens is 318 g/mol. The maximum atomic E-state index is 5.31. The number of aryl methyl sites for hydroxylation is 1. The first-order valence-corrected chi connectivity index (χ1v) is 7.49. The van der Waals surface area contributed by atoms with Crippen molar-refractivity contribution in [3.05, 3.63) is 46.2 Å². The predicted octanol–water partition coefficient (Wildman–Crippen LogP) is 3.18. The lowest BCUT2D eigenvalue weighted by molar-refractivity contribution is 0.413. The van der Waals surface area contributed by atoms with Gasteiger partial charge in [0, 0.05) is 23.3 Å². The van der Waals surface area contributed by atoms with Crippen molar-refractivity contribution in [2.45, 2.75) is 25.9 Å². The highest BCUT2D eigenvalue weighted by Gasteiger charge is 2.15. The van der Waals surface area contributed by atoms with Gasteiger partial charge in [-0.2, -0.15) is 5.10 Å². The molecule has 2 aromatic rings. The standard InChI is InChI=1S/C15H20BrN3O/c1-4-19-10-11(9-18-19)7-15(17-2)13-8-12(20-3)5-6-14(13)16/h5-6,8-10,15,17H,4,7H2,1-3H3. The Hall–Kier alpha value is -1.33. The lowest BCUT2D eigenvalue weighted by atomic mass is 10.0. The Morgan fingerprint density at radius 3 is 2.85 bits per heavy atom. The number of nitrogens with one attached hydrogen (secondary N) is 1. The van der Waals surface area contributed by atoms with E-state index in [1.807, 2.05) is 30.1 Å². The largest absolute Gasteiger partial charge is 0.497 e. The zero-order valence-electron chi connectivity index (χ0n) is 12.1. The van der Waals surface area contributed by atoms with E-state index in [-0.39, 0.29) is 6.04 Å². The topological polar surface area (TPSA) is 39.1 Å². The molecule has 0 saturated carbocycles. The third-order valence-electron chi connectivity index (χ3n) is 3.38. The molecule has 0 aliphatic heterocycles. The van der Waals surface area contributed by atoms with Gasteiger partial charge in [0.2, 0.25) is 0 Å². The van der Waals surface area contributed by atoms with Crippen LogP contribution in [0, 0.1) is 0 Å². The first-order valence-electron chi connectivity index (χ1n) is 6.70. The van der Waals surface area contributed by atoms with Gasteiger partial charge in [0.25, 0.3) is 0 Å². The summed E-state index contributed by atoms with van der Waals surface area (Å²) in [4.78, 5) is 0. The Morgan fingerprint density at radius 1 is 1.45 bits per heavy atom. The molecule has 0 amide bonds. The van der Waals surface area contributed by atoms with Crippen molar-refractivity contribution >= 4 is 15.9 Å². The number of hydrogen-bond acceptors (Lipinski definition) is 3. The van der Waals surface area contributed by atoms with Crippen LogP contribution in [0.1, 0.15) is 24.1 Å². The van der Waals surface area contributed by atoms with Gasteiger partial charge in [-0.3, -0.25) is 4.68 Å². The molecule has 1 N–H and O–H groups in total. The number of halogens is 1. The summed E-state index contributed by atoms with van der Waals surface area (Å²) in [5.41, 5.74) is 2.41. The summed E-state index contributed by atoms with van der Waals surface area (Å²) in [5, 5.41) is 7.69. The number of likely N-dealkylation sites (N-methyl/N-ethyl adjacent to an activating group) is 1. The number of methoxy groups -OCH3 is 1. The van der Waals surface area contributed by atoms with E-state index in [2.05, 4.69) is 45.5 Å². The van der Waals surface area contributed by atoms with Crippen LogP contribution in [0.5, 0.6) is 5.75 Å². The zero-order valence-corrected chi connectivity index (χ0v) is 13.6. The first kappa shape index (κ1) is 15.1. The molecule has 108 valence electrons. The number of aromatic nitrogens is 2. The maximum absolute atomic E-state index is 5.31. The minimum atomic E-state index is 0.217. The Kier molecular flexibility index (Phi) is 5.20. The van der Waals surface area contributed by atoms with Gasteiger partial charge in [0.05, 0.1) is 13.3 Å². The van der Waals surface area contributed by atoms with Gasteiger partial charge in [0.1, 0.15) is 5.75 Å². The second-order valence-corrected chi connectivity index (χ2v) is 5.49. The molecule has 0 spiro atoms. The van der Waals surface area contributed by atoms with Crippen molar-refractivity contribution in [1.82, 2.24) is 15.1 Å². The molecule has 0 saturated heterocycles. The molecule has 1 aromatic carbocycles. The SMILES string of the molecule is CCn1cc(CC(NC)c2cc(OC)ccc2Br)cn1. The van der Waals surface area contributed by atoms with Crippen LogP contribution in [-0.2, 0) is 13.0 Å². The van der Waals surface area contributed by atoms with Gasteiger partial charge in [-0.05, 0) is 49.7 Å². The number of ether oxygens (including phenoxy) is 1. The Morgan fingerprint density at radius 2 is 2.25 bits per heavy atom. The van der Waals surface area contributed by atoms with Crippen LogP contribution in [-0.4, -0.2) is 23.9 Å². The van der Waals surface area contributed by atoms with E-state index in [4.69, 9.17) is 4.74 Å². The number of rotatable bonds is 6. The number of nitrogens with zero attached hydrogens (tertiary/aromatic N) is 2. The zero-order chi connectivity index (χ0) is 14.5. The summed E-state index contributed by atoms with van der Waals surface area (Å²) in [7, 11) is 3.66. The summed E-state index contributed by atoms with van der Waals surface area (Å²) in [6.07, 6.45) is 4.92. The van der Waals surface area contributed by atoms with Crippen molar-refractivity contribution in [2.75, 3.05) is 14.2 Å². The molecule has 4 nitrogen and oxygen atoms in total. The maximum Gasteiger partial charge on any atom is 0.119 e. The molecular formula is C15H20BrN3O. The fraction of sp³-hybridized carbons (Fsp3) is 0.400. The lowest BCUT2D eigenvalue weighted by Gasteiger charge is -2.18. The highest BCUT2D eigenvalue weighted by molar-refractivity contribution is 9.10. The van der Waals surface area contributed by atoms with Crippen molar-refractivity contribution < 1.29 is 4.74 Å². The van der Waals surface area contributed by atoms with Crippen LogP contribution in [0.15, 0.2) is 35.1 Å². The van der Waals surface area contributed by atoms with Crippen molar-refractivity contribution in [1.29, 1.82) is 0 Å². The van der Waals surface area contributed by atoms with Crippen LogP contribution in [0.4, 0.5) is 0 Å². The molecule has 1 unspecified atom stereocenters. The second-order valence-electron chi connectivity index (χ2n) is 4.64. The van der Waals surface area contributed by atoms with E-state index in [9.17, 15) is 0 Å². The molecule has 1 atom stereocenters. The van der Waals surface area contributed by atoms with E-state index in [1.54, 1.807) is 7.11 Å². The van der Waals surface area contributed by atoms with Gasteiger partial charge in [-0.15, -0.1) is 0 Å². The predicted molar refractivity (Wildman–Crippen MR) is 84.1 cm³/mol. The highest BCUT2D eigenvalue weighted by atomic mass is 79.9. The van der Waals surface area contributed by atoms with Crippen molar-refractivity contribution in [3.63, 3.8) is 0 Å². The summed E-state index contributed by atoms with van der Waals surface area (Å²) in [6.45, 7) is 2.98. The van der Waals surface area contributed by atoms with E-state index in [1.165, 1.54) is 11.1 Å². The highest BCUT2D eigenvalue weighted by Crippen LogP contribution is 2.29.